The molecule has 2 amide bonds. The number of carbonyl (C=O) groups excluding carboxylic acids is 4. The lowest BCUT2D eigenvalue weighted by molar-refractivity contribution is -0.125. The van der Waals surface area contributed by atoms with Crippen molar-refractivity contribution in [2.24, 2.45) is 0 Å². The third kappa shape index (κ3) is 4.90. The van der Waals surface area contributed by atoms with Crippen LogP contribution in [0.3, 0.4) is 0 Å². The van der Waals surface area contributed by atoms with E-state index in [-0.39, 0.29) is 48.0 Å². The number of nitrogens with zero attached hydrogens (tertiary/aromatic N) is 3. The Morgan fingerprint density at radius 2 is 1.93 bits per heavy atom. The van der Waals surface area contributed by atoms with E-state index < -0.39 is 35.9 Å². The summed E-state index contributed by atoms with van der Waals surface area (Å²) in [5, 5.41) is 20.1. The Bertz CT molecular complexity index is 1800. The molecule has 0 spiro atoms. The number of fused-ring (bicyclic) bond motifs is 3. The van der Waals surface area contributed by atoms with Crippen molar-refractivity contribution in [2.45, 2.75) is 51.5 Å². The van der Waals surface area contributed by atoms with E-state index in [1.807, 2.05) is 0 Å². The van der Waals surface area contributed by atoms with E-state index in [2.05, 4.69) is 20.7 Å². The number of amides is 2. The number of Topliss-reactive ketones (excluding diaryl/α,β-unsaturated/α-hetero) is 2. The molecule has 214 valence electrons. The zero-order valence-electron chi connectivity index (χ0n) is 22.7. The van der Waals surface area contributed by atoms with Crippen LogP contribution >= 0.6 is 0 Å². The van der Waals surface area contributed by atoms with Crippen LogP contribution in [0.1, 0.15) is 73.5 Å². The van der Waals surface area contributed by atoms with E-state index >= 15 is 0 Å². The molecule has 12 heteroatoms. The number of carbonyl (C=O) groups is 4. The van der Waals surface area contributed by atoms with Gasteiger partial charge in [-0.15, -0.1) is 0 Å². The van der Waals surface area contributed by atoms with E-state index in [9.17, 15) is 28.7 Å². The predicted octanol–water partition coefficient (Wildman–Crippen LogP) is 2.28. The van der Waals surface area contributed by atoms with Gasteiger partial charge in [0.1, 0.15) is 17.1 Å². The SMILES string of the molecule is CC(=O)c1ccc2c(c1)C[C@H](O)[C@@H]2NC(=O)c1cc(C(=O)NCc2ccc3c(c2)CC(=O)C(C)O3)nc2c(F)cnn12. The fourth-order valence-corrected chi connectivity index (χ4v) is 5.31. The lowest BCUT2D eigenvalue weighted by Crippen LogP contribution is -2.35. The highest BCUT2D eigenvalue weighted by Gasteiger charge is 2.34. The van der Waals surface area contributed by atoms with E-state index in [1.54, 1.807) is 43.3 Å². The molecule has 1 unspecified atom stereocenters. The molecule has 0 radical (unpaired) electrons. The summed E-state index contributed by atoms with van der Waals surface area (Å²) in [5.41, 5.74) is 2.63. The smallest absolute Gasteiger partial charge is 0.270 e. The molecule has 1 aliphatic heterocycles. The second-order valence-electron chi connectivity index (χ2n) is 10.5. The van der Waals surface area contributed by atoms with Gasteiger partial charge in [0.15, 0.2) is 29.1 Å². The predicted molar refractivity (Wildman–Crippen MR) is 146 cm³/mol. The number of hydrogen-bond acceptors (Lipinski definition) is 8. The molecular formula is C30H26FN5O6. The topological polar surface area (TPSA) is 152 Å². The number of aromatic nitrogens is 3. The first-order valence-corrected chi connectivity index (χ1v) is 13.4. The van der Waals surface area contributed by atoms with Crippen LogP contribution in [0.15, 0.2) is 48.7 Å². The first kappa shape index (κ1) is 27.2. The summed E-state index contributed by atoms with van der Waals surface area (Å²) < 4.78 is 21.1. The normalized spacial score (nSPS) is 19.1. The van der Waals surface area contributed by atoms with Crippen molar-refractivity contribution in [3.63, 3.8) is 0 Å². The first-order valence-electron chi connectivity index (χ1n) is 13.4. The van der Waals surface area contributed by atoms with Crippen molar-refractivity contribution in [3.05, 3.63) is 93.7 Å². The minimum Gasteiger partial charge on any atom is -0.483 e. The molecule has 3 N–H and O–H groups in total. The van der Waals surface area contributed by atoms with Gasteiger partial charge in [-0.3, -0.25) is 19.2 Å². The largest absolute Gasteiger partial charge is 0.483 e. The van der Waals surface area contributed by atoms with E-state index in [0.717, 1.165) is 21.8 Å². The molecule has 3 heterocycles. The average molecular weight is 572 g/mol. The zero-order valence-corrected chi connectivity index (χ0v) is 22.7. The van der Waals surface area contributed by atoms with Crippen molar-refractivity contribution >= 4 is 29.0 Å². The van der Waals surface area contributed by atoms with Gasteiger partial charge in [0.25, 0.3) is 11.8 Å². The Balaban J connectivity index is 1.23. The Morgan fingerprint density at radius 3 is 2.71 bits per heavy atom. The monoisotopic (exact) mass is 571 g/mol. The molecule has 0 saturated heterocycles. The van der Waals surface area contributed by atoms with Gasteiger partial charge in [-0.05, 0) is 48.7 Å². The van der Waals surface area contributed by atoms with Gasteiger partial charge in [-0.2, -0.15) is 5.10 Å². The number of rotatable bonds is 6. The van der Waals surface area contributed by atoms with Gasteiger partial charge in [0, 0.05) is 36.6 Å². The molecule has 11 nitrogen and oxygen atoms in total. The van der Waals surface area contributed by atoms with Gasteiger partial charge < -0.3 is 20.5 Å². The van der Waals surface area contributed by atoms with E-state index in [0.29, 0.717) is 22.4 Å². The van der Waals surface area contributed by atoms with Crippen molar-refractivity contribution in [1.29, 1.82) is 0 Å². The molecule has 0 bridgehead atoms. The van der Waals surface area contributed by atoms with E-state index in [4.69, 9.17) is 4.74 Å². The summed E-state index contributed by atoms with van der Waals surface area (Å²) in [6.07, 6.45) is -0.111. The minimum absolute atomic E-state index is 0.0377. The Labute approximate surface area is 238 Å². The molecule has 0 saturated carbocycles. The number of ketones is 2. The molecule has 2 aliphatic rings. The maximum Gasteiger partial charge on any atom is 0.270 e. The summed E-state index contributed by atoms with van der Waals surface area (Å²) in [4.78, 5) is 54.4. The van der Waals surface area contributed by atoms with Crippen molar-refractivity contribution in [2.75, 3.05) is 0 Å². The van der Waals surface area contributed by atoms with Gasteiger partial charge in [-0.25, -0.2) is 13.9 Å². The lowest BCUT2D eigenvalue weighted by atomic mass is 9.99. The number of nitrogens with one attached hydrogen (secondary N) is 2. The highest BCUT2D eigenvalue weighted by molar-refractivity contribution is 5.98. The summed E-state index contributed by atoms with van der Waals surface area (Å²) in [5.74, 6) is -1.73. The molecule has 42 heavy (non-hydrogen) atoms. The standard InChI is InChI=1S/C30H26FN5O6/c1-14(37)17-4-5-20-18(8-17)9-25(39)27(20)35-30(41)23-11-22(34-28-21(31)13-33-36(23)28)29(40)32-12-16-3-6-26-19(7-16)10-24(38)15(2)42-26/h3-8,11,13,15,25,27,39H,9-10,12H2,1-2H3,(H,32,40)(H,35,41)/t15?,25-,27+/m0/s1. The van der Waals surface area contributed by atoms with Crippen LogP contribution in [0.25, 0.3) is 5.65 Å². The second kappa shape index (κ2) is 10.5. The fraction of sp³-hybridized carbons (Fsp3) is 0.267. The fourth-order valence-electron chi connectivity index (χ4n) is 5.31. The number of aliphatic hydroxyl groups excluding tert-OH is 1. The number of ether oxygens (including phenoxy) is 1. The molecule has 1 aliphatic carbocycles. The maximum atomic E-state index is 14.6. The number of hydrogen-bond donors (Lipinski definition) is 3. The summed E-state index contributed by atoms with van der Waals surface area (Å²) in [7, 11) is 0. The van der Waals surface area contributed by atoms with Gasteiger partial charge >= 0.3 is 0 Å². The maximum absolute atomic E-state index is 14.6. The van der Waals surface area contributed by atoms with Gasteiger partial charge in [-0.1, -0.05) is 18.2 Å². The van der Waals surface area contributed by atoms with Crippen LogP contribution in [0.2, 0.25) is 0 Å². The quantitative estimate of drug-likeness (QED) is 0.298. The van der Waals surface area contributed by atoms with E-state index in [1.165, 1.54) is 13.0 Å². The van der Waals surface area contributed by atoms with Crippen LogP contribution in [0.5, 0.6) is 5.75 Å². The molecule has 6 rings (SSSR count). The Kier molecular flexibility index (Phi) is 6.77. The molecule has 3 atom stereocenters. The third-order valence-electron chi connectivity index (χ3n) is 7.58. The van der Waals surface area contributed by atoms with Crippen LogP contribution < -0.4 is 15.4 Å². The number of halogens is 1. The molecular weight excluding hydrogens is 545 g/mol. The molecule has 2 aromatic heterocycles. The molecule has 0 fully saturated rings. The summed E-state index contributed by atoms with van der Waals surface area (Å²) in [6, 6.07) is 10.7. The highest BCUT2D eigenvalue weighted by atomic mass is 19.1. The Hall–Kier alpha value is -4.97. The minimum atomic E-state index is -0.957. The van der Waals surface area contributed by atoms with Crippen LogP contribution in [0, 0.1) is 5.82 Å². The second-order valence-corrected chi connectivity index (χ2v) is 10.5. The Morgan fingerprint density at radius 1 is 1.12 bits per heavy atom. The van der Waals surface area contributed by atoms with Crippen molar-refractivity contribution < 1.29 is 33.4 Å². The van der Waals surface area contributed by atoms with Crippen molar-refractivity contribution in [1.82, 2.24) is 25.2 Å². The van der Waals surface area contributed by atoms with Crippen LogP contribution in [-0.2, 0) is 24.2 Å². The van der Waals surface area contributed by atoms with Crippen LogP contribution in [-0.4, -0.2) is 55.3 Å². The number of benzene rings is 2. The van der Waals surface area contributed by atoms with Gasteiger partial charge in [0.2, 0.25) is 0 Å². The van der Waals surface area contributed by atoms with Crippen LogP contribution in [0.4, 0.5) is 4.39 Å². The average Bonchev–Trinajstić information content (AvgIpc) is 3.49. The number of aliphatic hydroxyl groups is 1. The summed E-state index contributed by atoms with van der Waals surface area (Å²) in [6.45, 7) is 3.22. The third-order valence-corrected chi connectivity index (χ3v) is 7.58. The van der Waals surface area contributed by atoms with Gasteiger partial charge in [0.05, 0.1) is 18.3 Å². The van der Waals surface area contributed by atoms with Crippen molar-refractivity contribution in [3.8, 4) is 5.75 Å². The molecule has 4 aromatic rings. The highest BCUT2D eigenvalue weighted by Crippen LogP contribution is 2.33. The summed E-state index contributed by atoms with van der Waals surface area (Å²) >= 11 is 0. The first-order chi connectivity index (χ1) is 20.1. The lowest BCUT2D eigenvalue weighted by Gasteiger charge is -2.22. The zero-order chi connectivity index (χ0) is 29.7. The molecule has 2 aromatic carbocycles.